The van der Waals surface area contributed by atoms with E-state index in [1.807, 2.05) is 6.20 Å². The normalized spacial score (nSPS) is 18.4. The second-order valence-corrected chi connectivity index (χ2v) is 12.4. The SMILES string of the molecule is CC(=O)O.CC(=O)O.CN1CCN(C2CCC(n3nc(-c4ccc(NCc5cccc6cc[nH]c56)cc4)c4c(N)ncnc43)CC2)CC1. The second kappa shape index (κ2) is 15.7. The van der Waals surface area contributed by atoms with Crippen LogP contribution >= 0.6 is 0 Å². The average Bonchev–Trinajstić information content (AvgIpc) is 3.71. The topological polar surface area (TPSA) is 179 Å². The monoisotopic (exact) mass is 655 g/mol. The van der Waals surface area contributed by atoms with Gasteiger partial charge in [-0.3, -0.25) is 14.5 Å². The Morgan fingerprint density at radius 3 is 2.23 bits per heavy atom. The summed E-state index contributed by atoms with van der Waals surface area (Å²) in [6.45, 7) is 7.60. The fraction of sp³-hybridized carbons (Fsp3) is 0.400. The smallest absolute Gasteiger partial charge is 0.300 e. The van der Waals surface area contributed by atoms with E-state index in [9.17, 15) is 0 Å². The predicted octanol–water partition coefficient (Wildman–Crippen LogP) is 5.08. The molecule has 0 amide bonds. The van der Waals surface area contributed by atoms with Crippen molar-refractivity contribution in [3.8, 4) is 11.3 Å². The summed E-state index contributed by atoms with van der Waals surface area (Å²) in [5, 5.41) is 25.6. The number of aromatic amines is 1. The molecule has 2 aromatic carbocycles. The average molecular weight is 656 g/mol. The van der Waals surface area contributed by atoms with Crippen LogP contribution in [0.3, 0.4) is 0 Å². The highest BCUT2D eigenvalue weighted by Crippen LogP contribution is 2.37. The molecule has 4 heterocycles. The van der Waals surface area contributed by atoms with Crippen LogP contribution in [0.1, 0.15) is 51.1 Å². The summed E-state index contributed by atoms with van der Waals surface area (Å²) < 4.78 is 2.13. The van der Waals surface area contributed by atoms with Crippen molar-refractivity contribution in [2.45, 2.75) is 58.2 Å². The van der Waals surface area contributed by atoms with Crippen molar-refractivity contribution in [1.82, 2.24) is 34.5 Å². The lowest BCUT2D eigenvalue weighted by atomic mass is 9.90. The van der Waals surface area contributed by atoms with Crippen LogP contribution in [0.25, 0.3) is 33.2 Å². The number of para-hydroxylation sites is 1. The van der Waals surface area contributed by atoms with Crippen LogP contribution in [0.4, 0.5) is 11.5 Å². The number of aromatic nitrogens is 5. The van der Waals surface area contributed by atoms with E-state index in [2.05, 4.69) is 90.3 Å². The summed E-state index contributed by atoms with van der Waals surface area (Å²) in [6.07, 6.45) is 8.15. The molecule has 7 rings (SSSR count). The maximum atomic E-state index is 9.00. The summed E-state index contributed by atoms with van der Waals surface area (Å²) in [4.78, 5) is 35.4. The molecule has 0 bridgehead atoms. The first-order valence-electron chi connectivity index (χ1n) is 16.3. The highest BCUT2D eigenvalue weighted by Gasteiger charge is 2.30. The van der Waals surface area contributed by atoms with Crippen LogP contribution < -0.4 is 11.1 Å². The summed E-state index contributed by atoms with van der Waals surface area (Å²) in [5.74, 6) is -1.18. The number of nitrogens with two attached hydrogens (primary N) is 1. The van der Waals surface area contributed by atoms with Gasteiger partial charge in [0.1, 0.15) is 17.8 Å². The van der Waals surface area contributed by atoms with Gasteiger partial charge in [0.2, 0.25) is 0 Å². The van der Waals surface area contributed by atoms with Gasteiger partial charge in [-0.2, -0.15) is 5.10 Å². The summed E-state index contributed by atoms with van der Waals surface area (Å²) in [7, 11) is 2.22. The molecule has 13 heteroatoms. The molecule has 0 atom stereocenters. The molecule has 1 aliphatic carbocycles. The number of carbonyl (C=O) groups is 2. The standard InChI is InChI=1S/C31H37N9.2C2H4O2/c1-38-15-17-39(18-16-38)25-9-11-26(12-10-25)40-31-27(30(32)35-20-36-31)29(37-40)22-5-7-24(8-6-22)34-19-23-4-2-3-21-13-14-33-28(21)23;2*1-2(3)4/h2-8,13-14,20,25-26,33-34H,9-12,15-19H2,1H3,(H2,32,35,36);2*1H3,(H,3,4). The second-order valence-electron chi connectivity index (χ2n) is 12.4. The molecule has 3 aromatic heterocycles. The van der Waals surface area contributed by atoms with Crippen molar-refractivity contribution in [2.24, 2.45) is 0 Å². The molecule has 1 saturated carbocycles. The van der Waals surface area contributed by atoms with E-state index in [-0.39, 0.29) is 0 Å². The molecular weight excluding hydrogens is 610 g/mol. The van der Waals surface area contributed by atoms with E-state index in [4.69, 9.17) is 30.6 Å². The number of nitrogen functional groups attached to an aromatic ring is 1. The number of piperazine rings is 1. The Labute approximate surface area is 279 Å². The van der Waals surface area contributed by atoms with Crippen molar-refractivity contribution >= 4 is 45.4 Å². The van der Waals surface area contributed by atoms with Crippen molar-refractivity contribution in [2.75, 3.05) is 44.3 Å². The minimum atomic E-state index is -0.833. The number of aliphatic carboxylic acids is 2. The Morgan fingerprint density at radius 2 is 1.56 bits per heavy atom. The van der Waals surface area contributed by atoms with Gasteiger partial charge < -0.3 is 31.1 Å². The first-order valence-corrected chi connectivity index (χ1v) is 16.3. The molecular formula is C35H45N9O4. The Balaban J connectivity index is 0.000000510. The minimum Gasteiger partial charge on any atom is -0.481 e. The molecule has 1 aliphatic heterocycles. The van der Waals surface area contributed by atoms with Crippen LogP contribution in [0, 0.1) is 0 Å². The largest absolute Gasteiger partial charge is 0.481 e. The summed E-state index contributed by atoms with van der Waals surface area (Å²) >= 11 is 0. The first kappa shape index (κ1) is 34.3. The Morgan fingerprint density at radius 1 is 0.917 bits per heavy atom. The van der Waals surface area contributed by atoms with Crippen molar-refractivity contribution in [1.29, 1.82) is 0 Å². The lowest BCUT2D eigenvalue weighted by Gasteiger charge is -2.41. The third-order valence-electron chi connectivity index (χ3n) is 8.90. The molecule has 6 N–H and O–H groups in total. The van der Waals surface area contributed by atoms with E-state index >= 15 is 0 Å². The van der Waals surface area contributed by atoms with Gasteiger partial charge in [-0.25, -0.2) is 14.6 Å². The van der Waals surface area contributed by atoms with Gasteiger partial charge in [0.15, 0.2) is 5.65 Å². The van der Waals surface area contributed by atoms with E-state index in [0.29, 0.717) is 17.9 Å². The molecule has 0 unspecified atom stereocenters. The Hall–Kier alpha value is -5.01. The summed E-state index contributed by atoms with van der Waals surface area (Å²) in [6, 6.07) is 17.9. The van der Waals surface area contributed by atoms with Crippen LogP contribution in [0.15, 0.2) is 61.1 Å². The van der Waals surface area contributed by atoms with Gasteiger partial charge in [0, 0.05) is 70.1 Å². The minimum absolute atomic E-state index is 0.325. The zero-order chi connectivity index (χ0) is 34.2. The van der Waals surface area contributed by atoms with Gasteiger partial charge in [0.25, 0.3) is 11.9 Å². The number of hydrogen-bond acceptors (Lipinski definition) is 9. The fourth-order valence-electron chi connectivity index (χ4n) is 6.55. The number of nitrogens with one attached hydrogen (secondary N) is 2. The third kappa shape index (κ3) is 8.47. The number of anilines is 2. The van der Waals surface area contributed by atoms with E-state index in [0.717, 1.165) is 61.2 Å². The Bertz CT molecular complexity index is 1800. The maximum absolute atomic E-state index is 9.00. The van der Waals surface area contributed by atoms with Gasteiger partial charge in [-0.05, 0) is 61.9 Å². The van der Waals surface area contributed by atoms with Gasteiger partial charge >= 0.3 is 0 Å². The lowest BCUT2D eigenvalue weighted by molar-refractivity contribution is -0.135. The fourth-order valence-corrected chi connectivity index (χ4v) is 6.55. The number of nitrogens with zero attached hydrogens (tertiary/aromatic N) is 6. The number of benzene rings is 2. The van der Waals surface area contributed by atoms with Crippen LogP contribution in [0.2, 0.25) is 0 Å². The van der Waals surface area contributed by atoms with Crippen LogP contribution in [-0.4, -0.2) is 96.0 Å². The number of H-pyrrole nitrogens is 1. The number of fused-ring (bicyclic) bond motifs is 2. The zero-order valence-corrected chi connectivity index (χ0v) is 27.8. The van der Waals surface area contributed by atoms with E-state index in [1.54, 1.807) is 6.33 Å². The molecule has 48 heavy (non-hydrogen) atoms. The van der Waals surface area contributed by atoms with Gasteiger partial charge in [-0.15, -0.1) is 0 Å². The number of carboxylic acids is 2. The van der Waals surface area contributed by atoms with Crippen molar-refractivity contribution in [3.05, 3.63) is 66.6 Å². The molecule has 13 nitrogen and oxygen atoms in total. The molecule has 2 fully saturated rings. The van der Waals surface area contributed by atoms with Crippen molar-refractivity contribution < 1.29 is 19.8 Å². The number of hydrogen-bond donors (Lipinski definition) is 5. The number of likely N-dealkylation sites (N-methyl/N-ethyl adjacent to an activating group) is 1. The summed E-state index contributed by atoms with van der Waals surface area (Å²) in [5.41, 5.74) is 12.6. The highest BCUT2D eigenvalue weighted by atomic mass is 16.4. The molecule has 2 aliphatic rings. The highest BCUT2D eigenvalue weighted by molar-refractivity contribution is 5.98. The molecule has 0 spiro atoms. The van der Waals surface area contributed by atoms with Crippen LogP contribution in [0.5, 0.6) is 0 Å². The first-order chi connectivity index (χ1) is 23.1. The molecule has 254 valence electrons. The number of carboxylic acid groups (broad SMARTS) is 2. The van der Waals surface area contributed by atoms with E-state index in [1.165, 1.54) is 55.5 Å². The third-order valence-corrected chi connectivity index (χ3v) is 8.90. The maximum Gasteiger partial charge on any atom is 0.300 e. The molecule has 1 saturated heterocycles. The zero-order valence-electron chi connectivity index (χ0n) is 27.8. The molecule has 0 radical (unpaired) electrons. The number of rotatable bonds is 6. The van der Waals surface area contributed by atoms with Crippen LogP contribution in [-0.2, 0) is 16.1 Å². The quantitative estimate of drug-likeness (QED) is 0.165. The van der Waals surface area contributed by atoms with Crippen molar-refractivity contribution in [3.63, 3.8) is 0 Å². The lowest BCUT2D eigenvalue weighted by Crippen LogP contribution is -2.49. The predicted molar refractivity (Wildman–Crippen MR) is 188 cm³/mol. The van der Waals surface area contributed by atoms with Gasteiger partial charge in [-0.1, -0.05) is 30.3 Å². The van der Waals surface area contributed by atoms with Gasteiger partial charge in [0.05, 0.1) is 16.9 Å². The molecule has 5 aromatic rings. The van der Waals surface area contributed by atoms with E-state index < -0.39 is 11.9 Å². The Kier molecular flexibility index (Phi) is 11.2.